The van der Waals surface area contributed by atoms with E-state index in [2.05, 4.69) is 9.80 Å². The lowest BCUT2D eigenvalue weighted by Gasteiger charge is -2.37. The van der Waals surface area contributed by atoms with Crippen molar-refractivity contribution in [1.82, 2.24) is 9.80 Å². The van der Waals surface area contributed by atoms with Gasteiger partial charge < -0.3 is 9.80 Å². The van der Waals surface area contributed by atoms with E-state index in [-0.39, 0.29) is 0 Å². The maximum Gasteiger partial charge on any atom is 0.171 e. The predicted octanol–water partition coefficient (Wildman–Crippen LogP) is 2.24. The first-order valence-electron chi connectivity index (χ1n) is 5.92. The molecule has 3 heteroatoms. The molecule has 80 valence electrons. The van der Waals surface area contributed by atoms with E-state index in [1.54, 1.807) is 0 Å². The zero-order valence-electron chi connectivity index (χ0n) is 8.87. The first-order valence-corrected chi connectivity index (χ1v) is 6.32. The van der Waals surface area contributed by atoms with Crippen LogP contribution in [0.25, 0.3) is 0 Å². The minimum Gasteiger partial charge on any atom is -0.349 e. The Morgan fingerprint density at radius 3 is 1.36 bits per heavy atom. The van der Waals surface area contributed by atoms with Gasteiger partial charge in [-0.25, -0.2) is 0 Å². The molecule has 14 heavy (non-hydrogen) atoms. The Hall–Kier alpha value is -0.310. The molecule has 0 N–H and O–H groups in total. The number of nitrogens with zero attached hydrogens (tertiary/aromatic N) is 2. The molecule has 2 rings (SSSR count). The second-order valence-corrected chi connectivity index (χ2v) is 4.74. The van der Waals surface area contributed by atoms with E-state index in [0.717, 1.165) is 5.11 Å². The highest BCUT2D eigenvalue weighted by molar-refractivity contribution is 7.80. The highest BCUT2D eigenvalue weighted by Crippen LogP contribution is 2.15. The van der Waals surface area contributed by atoms with Crippen LogP contribution in [0.15, 0.2) is 0 Å². The first-order chi connectivity index (χ1) is 6.88. The lowest BCUT2D eigenvalue weighted by Crippen LogP contribution is -2.47. The Morgan fingerprint density at radius 1 is 0.643 bits per heavy atom. The van der Waals surface area contributed by atoms with Crippen molar-refractivity contribution in [2.45, 2.75) is 38.5 Å². The molecule has 0 bridgehead atoms. The molecule has 0 aliphatic carbocycles. The van der Waals surface area contributed by atoms with Crippen LogP contribution in [0.3, 0.4) is 0 Å². The molecule has 0 spiro atoms. The molecule has 0 aromatic rings. The number of hydrogen-bond acceptors (Lipinski definition) is 1. The Kier molecular flexibility index (Phi) is 3.62. The third-order valence-corrected chi connectivity index (χ3v) is 3.77. The zero-order valence-corrected chi connectivity index (χ0v) is 9.69. The molecular weight excluding hydrogens is 192 g/mol. The van der Waals surface area contributed by atoms with Crippen molar-refractivity contribution >= 4 is 17.3 Å². The van der Waals surface area contributed by atoms with E-state index in [4.69, 9.17) is 12.2 Å². The van der Waals surface area contributed by atoms with Crippen molar-refractivity contribution in [3.63, 3.8) is 0 Å². The molecular formula is C11H20N2S. The summed E-state index contributed by atoms with van der Waals surface area (Å²) in [5.41, 5.74) is 0. The van der Waals surface area contributed by atoms with Crippen molar-refractivity contribution in [3.8, 4) is 0 Å². The number of hydrogen-bond donors (Lipinski definition) is 0. The molecule has 0 aromatic carbocycles. The Bertz CT molecular complexity index is 173. The summed E-state index contributed by atoms with van der Waals surface area (Å²) in [7, 11) is 0. The van der Waals surface area contributed by atoms with E-state index in [1.807, 2.05) is 0 Å². The van der Waals surface area contributed by atoms with Crippen LogP contribution in [-0.2, 0) is 0 Å². The van der Waals surface area contributed by atoms with Crippen molar-refractivity contribution < 1.29 is 0 Å². The van der Waals surface area contributed by atoms with Crippen LogP contribution in [-0.4, -0.2) is 41.1 Å². The molecule has 0 unspecified atom stereocenters. The molecule has 0 saturated carbocycles. The van der Waals surface area contributed by atoms with Gasteiger partial charge in [0.05, 0.1) is 0 Å². The first kappa shape index (κ1) is 10.2. The van der Waals surface area contributed by atoms with Gasteiger partial charge >= 0.3 is 0 Å². The summed E-state index contributed by atoms with van der Waals surface area (Å²) in [6, 6.07) is 0. The lowest BCUT2D eigenvalue weighted by atomic mass is 10.1. The van der Waals surface area contributed by atoms with Gasteiger partial charge in [-0.05, 0) is 50.7 Å². The monoisotopic (exact) mass is 212 g/mol. The fourth-order valence-corrected chi connectivity index (χ4v) is 2.74. The number of rotatable bonds is 0. The maximum absolute atomic E-state index is 5.55. The predicted molar refractivity (Wildman–Crippen MR) is 63.4 cm³/mol. The van der Waals surface area contributed by atoms with Gasteiger partial charge in [-0.15, -0.1) is 0 Å². The van der Waals surface area contributed by atoms with Crippen LogP contribution in [0.4, 0.5) is 0 Å². The minimum absolute atomic E-state index is 1.13. The molecule has 0 aromatic heterocycles. The van der Waals surface area contributed by atoms with Crippen LogP contribution in [0, 0.1) is 0 Å². The Morgan fingerprint density at radius 2 is 1.00 bits per heavy atom. The molecule has 2 heterocycles. The summed E-state index contributed by atoms with van der Waals surface area (Å²) >= 11 is 5.55. The fraction of sp³-hybridized carbons (Fsp3) is 0.909. The van der Waals surface area contributed by atoms with Crippen LogP contribution in [0.1, 0.15) is 38.5 Å². The second-order valence-electron chi connectivity index (χ2n) is 4.38. The number of thiocarbonyl (C=S) groups is 1. The van der Waals surface area contributed by atoms with Crippen LogP contribution in [0.5, 0.6) is 0 Å². The van der Waals surface area contributed by atoms with E-state index >= 15 is 0 Å². The number of piperidine rings is 2. The summed E-state index contributed by atoms with van der Waals surface area (Å²) in [6.07, 6.45) is 8.09. The summed E-state index contributed by atoms with van der Waals surface area (Å²) in [5.74, 6) is 0. The summed E-state index contributed by atoms with van der Waals surface area (Å²) in [6.45, 7) is 4.76. The Labute approximate surface area is 92.3 Å². The second kappa shape index (κ2) is 4.96. The normalized spacial score (nSPS) is 23.7. The molecule has 2 aliphatic rings. The van der Waals surface area contributed by atoms with Crippen molar-refractivity contribution in [2.75, 3.05) is 26.2 Å². The third-order valence-electron chi connectivity index (χ3n) is 3.25. The summed E-state index contributed by atoms with van der Waals surface area (Å²) in [4.78, 5) is 4.81. The smallest absolute Gasteiger partial charge is 0.171 e. The van der Waals surface area contributed by atoms with Gasteiger partial charge in [0.2, 0.25) is 0 Å². The third kappa shape index (κ3) is 2.38. The van der Waals surface area contributed by atoms with E-state index in [9.17, 15) is 0 Å². The van der Waals surface area contributed by atoms with Gasteiger partial charge in [0.25, 0.3) is 0 Å². The van der Waals surface area contributed by atoms with Crippen molar-refractivity contribution in [1.29, 1.82) is 0 Å². The minimum atomic E-state index is 1.13. The maximum atomic E-state index is 5.55. The highest BCUT2D eigenvalue weighted by atomic mass is 32.1. The van der Waals surface area contributed by atoms with Gasteiger partial charge in [-0.3, -0.25) is 0 Å². The average Bonchev–Trinajstić information content (AvgIpc) is 2.30. The van der Waals surface area contributed by atoms with Crippen LogP contribution >= 0.6 is 12.2 Å². The highest BCUT2D eigenvalue weighted by Gasteiger charge is 2.19. The largest absolute Gasteiger partial charge is 0.349 e. The topological polar surface area (TPSA) is 6.48 Å². The average molecular weight is 212 g/mol. The molecule has 2 aliphatic heterocycles. The molecule has 0 atom stereocenters. The Balaban J connectivity index is 1.85. The lowest BCUT2D eigenvalue weighted by molar-refractivity contribution is 0.266. The van der Waals surface area contributed by atoms with Crippen molar-refractivity contribution in [3.05, 3.63) is 0 Å². The summed E-state index contributed by atoms with van der Waals surface area (Å²) in [5, 5.41) is 1.13. The van der Waals surface area contributed by atoms with Crippen LogP contribution in [0.2, 0.25) is 0 Å². The molecule has 2 saturated heterocycles. The summed E-state index contributed by atoms with van der Waals surface area (Å²) < 4.78 is 0. The van der Waals surface area contributed by atoms with Gasteiger partial charge in [-0.1, -0.05) is 0 Å². The van der Waals surface area contributed by atoms with E-state index < -0.39 is 0 Å². The molecule has 2 nitrogen and oxygen atoms in total. The van der Waals surface area contributed by atoms with Gasteiger partial charge in [-0.2, -0.15) is 0 Å². The number of likely N-dealkylation sites (tertiary alicyclic amines) is 2. The van der Waals surface area contributed by atoms with E-state index in [1.165, 1.54) is 64.7 Å². The zero-order chi connectivity index (χ0) is 9.80. The van der Waals surface area contributed by atoms with Gasteiger partial charge in [0.15, 0.2) is 5.11 Å². The quantitative estimate of drug-likeness (QED) is 0.569. The fourth-order valence-electron chi connectivity index (χ4n) is 2.37. The van der Waals surface area contributed by atoms with E-state index in [0.29, 0.717) is 0 Å². The molecule has 2 fully saturated rings. The van der Waals surface area contributed by atoms with Gasteiger partial charge in [0.1, 0.15) is 0 Å². The van der Waals surface area contributed by atoms with Crippen molar-refractivity contribution in [2.24, 2.45) is 0 Å². The van der Waals surface area contributed by atoms with Crippen LogP contribution < -0.4 is 0 Å². The van der Waals surface area contributed by atoms with Gasteiger partial charge in [0, 0.05) is 26.2 Å². The molecule has 0 radical (unpaired) electrons. The SMILES string of the molecule is S=C(N1CCCCC1)N1CCCCC1. The molecule has 0 amide bonds. The standard InChI is InChI=1S/C11H20N2S/c14-11(12-7-3-1-4-8-12)13-9-5-2-6-10-13/h1-10H2.